The molecule has 2 rings (SSSR count). The summed E-state index contributed by atoms with van der Waals surface area (Å²) in [6.07, 6.45) is -2.25. The number of halogens is 4. The maximum atomic E-state index is 12.8. The highest BCUT2D eigenvalue weighted by molar-refractivity contribution is 6.33. The minimum atomic E-state index is -4.45. The molecule has 0 saturated heterocycles. The number of nitrogens with two attached hydrogens (primary N) is 1. The molecule has 0 amide bonds. The fraction of sp³-hybridized carbons (Fsp3) is 0.500. The largest absolute Gasteiger partial charge is 0.417 e. The summed E-state index contributed by atoms with van der Waals surface area (Å²) in [4.78, 5) is 0. The highest BCUT2D eigenvalue weighted by Gasteiger charge is 2.32. The number of aryl methyl sites for hydroxylation is 1. The standard InChI is InChI=1S/C12H14ClF3N4/c1-7(5-17)2-3-10-18-19-11-9(13)4-8(6-20(10)11)12(14,15)16/h4,6-7H,2-3,5,17H2,1H3. The Morgan fingerprint density at radius 1 is 1.40 bits per heavy atom. The van der Waals surface area contributed by atoms with Gasteiger partial charge in [0.25, 0.3) is 0 Å². The van der Waals surface area contributed by atoms with Gasteiger partial charge in [-0.1, -0.05) is 18.5 Å². The van der Waals surface area contributed by atoms with E-state index in [4.69, 9.17) is 17.3 Å². The summed E-state index contributed by atoms with van der Waals surface area (Å²) >= 11 is 5.83. The molecule has 2 heterocycles. The second kappa shape index (κ2) is 5.57. The summed E-state index contributed by atoms with van der Waals surface area (Å²) in [6.45, 7) is 2.49. The molecule has 2 N–H and O–H groups in total. The monoisotopic (exact) mass is 306 g/mol. The van der Waals surface area contributed by atoms with Crippen LogP contribution in [0.4, 0.5) is 13.2 Å². The Bertz CT molecular complexity index is 609. The lowest BCUT2D eigenvalue weighted by Crippen LogP contribution is -2.12. The molecule has 8 heteroatoms. The van der Waals surface area contributed by atoms with Gasteiger partial charge in [0.2, 0.25) is 0 Å². The van der Waals surface area contributed by atoms with Crippen molar-refractivity contribution >= 4 is 17.2 Å². The Balaban J connectivity index is 2.40. The molecule has 0 fully saturated rings. The molecule has 0 aliphatic heterocycles. The quantitative estimate of drug-likeness (QED) is 0.945. The van der Waals surface area contributed by atoms with Gasteiger partial charge in [0, 0.05) is 12.6 Å². The zero-order valence-electron chi connectivity index (χ0n) is 10.8. The fourth-order valence-corrected chi connectivity index (χ4v) is 2.06. The van der Waals surface area contributed by atoms with Gasteiger partial charge >= 0.3 is 6.18 Å². The summed E-state index contributed by atoms with van der Waals surface area (Å²) in [5, 5.41) is 7.67. The predicted octanol–water partition coefficient (Wildman–Crippen LogP) is 2.93. The SMILES string of the molecule is CC(CN)CCc1nnc2c(Cl)cc(C(F)(F)F)cn12. The third kappa shape index (κ3) is 3.04. The second-order valence-electron chi connectivity index (χ2n) is 4.76. The number of pyridine rings is 1. The molecule has 4 nitrogen and oxygen atoms in total. The van der Waals surface area contributed by atoms with Crippen LogP contribution < -0.4 is 5.73 Å². The summed E-state index contributed by atoms with van der Waals surface area (Å²) in [5.74, 6) is 0.719. The van der Waals surface area contributed by atoms with Crippen LogP contribution in [0.1, 0.15) is 24.7 Å². The van der Waals surface area contributed by atoms with Gasteiger partial charge in [-0.2, -0.15) is 13.2 Å². The van der Waals surface area contributed by atoms with E-state index >= 15 is 0 Å². The maximum absolute atomic E-state index is 12.8. The van der Waals surface area contributed by atoms with Crippen LogP contribution in [0.5, 0.6) is 0 Å². The van der Waals surface area contributed by atoms with Gasteiger partial charge in [0.1, 0.15) is 5.82 Å². The van der Waals surface area contributed by atoms with E-state index in [1.807, 2.05) is 6.92 Å². The smallest absolute Gasteiger partial charge is 0.330 e. The number of aromatic nitrogens is 3. The Kier molecular flexibility index (Phi) is 4.19. The molecule has 1 unspecified atom stereocenters. The molecular formula is C12H14ClF3N4. The first kappa shape index (κ1) is 15.1. The minimum absolute atomic E-state index is 0.0644. The number of hydrogen-bond acceptors (Lipinski definition) is 3. The average Bonchev–Trinajstić information content (AvgIpc) is 2.78. The van der Waals surface area contributed by atoms with Gasteiger partial charge in [-0.3, -0.25) is 4.40 Å². The fourth-order valence-electron chi connectivity index (χ4n) is 1.82. The first-order valence-corrected chi connectivity index (χ1v) is 6.51. The first-order chi connectivity index (χ1) is 9.32. The summed E-state index contributed by atoms with van der Waals surface area (Å²) < 4.78 is 39.6. The Morgan fingerprint density at radius 3 is 2.70 bits per heavy atom. The molecular weight excluding hydrogens is 293 g/mol. The number of alkyl halides is 3. The molecule has 0 radical (unpaired) electrons. The van der Waals surface area contributed by atoms with Crippen molar-refractivity contribution in [2.45, 2.75) is 25.9 Å². The summed E-state index contributed by atoms with van der Waals surface area (Å²) in [5.41, 5.74) is 4.93. The topological polar surface area (TPSA) is 56.2 Å². The predicted molar refractivity (Wildman–Crippen MR) is 69.5 cm³/mol. The lowest BCUT2D eigenvalue weighted by molar-refractivity contribution is -0.137. The zero-order chi connectivity index (χ0) is 14.9. The molecule has 20 heavy (non-hydrogen) atoms. The van der Waals surface area contributed by atoms with E-state index in [1.54, 1.807) is 0 Å². The average molecular weight is 307 g/mol. The number of hydrogen-bond donors (Lipinski definition) is 1. The lowest BCUT2D eigenvalue weighted by atomic mass is 10.1. The number of fused-ring (bicyclic) bond motifs is 1. The van der Waals surface area contributed by atoms with Gasteiger partial charge in [-0.15, -0.1) is 10.2 Å². The molecule has 0 spiro atoms. The van der Waals surface area contributed by atoms with E-state index in [0.29, 0.717) is 18.8 Å². The van der Waals surface area contributed by atoms with Crippen LogP contribution in [0, 0.1) is 5.92 Å². The van der Waals surface area contributed by atoms with Gasteiger partial charge in [0.15, 0.2) is 5.65 Å². The van der Waals surface area contributed by atoms with E-state index in [1.165, 1.54) is 4.40 Å². The third-order valence-corrected chi connectivity index (χ3v) is 3.40. The van der Waals surface area contributed by atoms with Crippen LogP contribution in [0.2, 0.25) is 5.02 Å². The van der Waals surface area contributed by atoms with Gasteiger partial charge in [-0.25, -0.2) is 0 Å². The minimum Gasteiger partial charge on any atom is -0.330 e. The van der Waals surface area contributed by atoms with Crippen LogP contribution in [-0.2, 0) is 12.6 Å². The highest BCUT2D eigenvalue weighted by atomic mass is 35.5. The Labute approximate surface area is 118 Å². The summed E-state index contributed by atoms with van der Waals surface area (Å²) in [6, 6.07) is 0.859. The Morgan fingerprint density at radius 2 is 2.10 bits per heavy atom. The molecule has 0 aliphatic carbocycles. The van der Waals surface area contributed by atoms with Crippen molar-refractivity contribution in [2.75, 3.05) is 6.54 Å². The van der Waals surface area contributed by atoms with Crippen molar-refractivity contribution in [1.82, 2.24) is 14.6 Å². The van der Waals surface area contributed by atoms with Crippen LogP contribution in [-0.4, -0.2) is 21.1 Å². The van der Waals surface area contributed by atoms with Gasteiger partial charge in [-0.05, 0) is 24.9 Å². The Hall–Kier alpha value is -1.34. The molecule has 1 atom stereocenters. The molecule has 0 saturated carbocycles. The van der Waals surface area contributed by atoms with Crippen molar-refractivity contribution in [3.63, 3.8) is 0 Å². The van der Waals surface area contributed by atoms with Crippen molar-refractivity contribution in [2.24, 2.45) is 11.7 Å². The van der Waals surface area contributed by atoms with E-state index in [9.17, 15) is 13.2 Å². The molecule has 0 aromatic carbocycles. The van der Waals surface area contributed by atoms with Crippen LogP contribution >= 0.6 is 11.6 Å². The van der Waals surface area contributed by atoms with E-state index < -0.39 is 11.7 Å². The number of rotatable bonds is 4. The van der Waals surface area contributed by atoms with Crippen LogP contribution in [0.15, 0.2) is 12.3 Å². The normalized spacial score (nSPS) is 13.9. The van der Waals surface area contributed by atoms with Crippen LogP contribution in [0.25, 0.3) is 5.65 Å². The van der Waals surface area contributed by atoms with E-state index in [-0.39, 0.29) is 16.6 Å². The van der Waals surface area contributed by atoms with Crippen molar-refractivity contribution < 1.29 is 13.2 Å². The highest BCUT2D eigenvalue weighted by Crippen LogP contribution is 2.32. The maximum Gasteiger partial charge on any atom is 0.417 e. The molecule has 0 aliphatic rings. The zero-order valence-corrected chi connectivity index (χ0v) is 11.5. The molecule has 110 valence electrons. The lowest BCUT2D eigenvalue weighted by Gasteiger charge is -2.10. The number of nitrogens with zero attached hydrogens (tertiary/aromatic N) is 3. The summed E-state index contributed by atoms with van der Waals surface area (Å²) in [7, 11) is 0. The molecule has 0 bridgehead atoms. The second-order valence-corrected chi connectivity index (χ2v) is 5.17. The van der Waals surface area contributed by atoms with Gasteiger partial charge in [0.05, 0.1) is 10.6 Å². The van der Waals surface area contributed by atoms with Crippen molar-refractivity contribution in [3.8, 4) is 0 Å². The first-order valence-electron chi connectivity index (χ1n) is 6.13. The van der Waals surface area contributed by atoms with E-state index in [2.05, 4.69) is 10.2 Å². The third-order valence-electron chi connectivity index (χ3n) is 3.12. The van der Waals surface area contributed by atoms with Crippen molar-refractivity contribution in [3.05, 3.63) is 28.7 Å². The van der Waals surface area contributed by atoms with Gasteiger partial charge < -0.3 is 5.73 Å². The molecule has 2 aromatic rings. The molecule has 2 aromatic heterocycles. The van der Waals surface area contributed by atoms with E-state index in [0.717, 1.165) is 18.7 Å². The van der Waals surface area contributed by atoms with Crippen molar-refractivity contribution in [1.29, 1.82) is 0 Å². The van der Waals surface area contributed by atoms with Crippen LogP contribution in [0.3, 0.4) is 0 Å².